The van der Waals surface area contributed by atoms with E-state index in [2.05, 4.69) is 15.6 Å². The number of fused-ring (bicyclic) bond motifs is 3. The van der Waals surface area contributed by atoms with Gasteiger partial charge in [0.1, 0.15) is 5.75 Å². The fourth-order valence-electron chi connectivity index (χ4n) is 3.88. The van der Waals surface area contributed by atoms with Gasteiger partial charge < -0.3 is 14.4 Å². The first-order valence-corrected chi connectivity index (χ1v) is 9.45. The Morgan fingerprint density at radius 3 is 2.61 bits per heavy atom. The van der Waals surface area contributed by atoms with Crippen LogP contribution < -0.4 is 4.74 Å². The summed E-state index contributed by atoms with van der Waals surface area (Å²) in [6.07, 6.45) is 8.28. The first-order valence-electron chi connectivity index (χ1n) is 9.45. The number of hydrogen-bond donors (Lipinski definition) is 1. The maximum atomic E-state index is 11.4. The summed E-state index contributed by atoms with van der Waals surface area (Å²) in [6, 6.07) is 9.99. The zero-order chi connectivity index (χ0) is 19.0. The number of aryl methyl sites for hydroxylation is 1. The maximum Gasteiger partial charge on any atom is 0.347 e. The average Bonchev–Trinajstić information content (AvgIpc) is 2.78. The van der Waals surface area contributed by atoms with E-state index in [9.17, 15) is 9.90 Å². The SMILES string of the molecule is CC(C)(Oc1ccc2c(c1)c(-c1ccncc1)c1n2CCCCC1)C(=O)O.[Na]. The number of nitrogens with zero attached hydrogens (tertiary/aromatic N) is 2. The summed E-state index contributed by atoms with van der Waals surface area (Å²) in [5.74, 6) is -0.407. The van der Waals surface area contributed by atoms with Crippen LogP contribution in [0.3, 0.4) is 0 Å². The van der Waals surface area contributed by atoms with Crippen LogP contribution in [0.1, 0.15) is 38.8 Å². The number of hydrogen-bond acceptors (Lipinski definition) is 3. The number of carboxylic acid groups (broad SMARTS) is 1. The van der Waals surface area contributed by atoms with Gasteiger partial charge in [-0.25, -0.2) is 4.79 Å². The summed E-state index contributed by atoms with van der Waals surface area (Å²) in [6.45, 7) is 4.15. The molecule has 0 aliphatic carbocycles. The Hall–Kier alpha value is -1.82. The van der Waals surface area contributed by atoms with Crippen LogP contribution in [0.4, 0.5) is 0 Å². The Morgan fingerprint density at radius 1 is 1.14 bits per heavy atom. The number of pyridine rings is 1. The summed E-state index contributed by atoms with van der Waals surface area (Å²) < 4.78 is 8.22. The van der Waals surface area contributed by atoms with E-state index in [1.165, 1.54) is 36.0 Å². The number of carbonyl (C=O) groups is 1. The van der Waals surface area contributed by atoms with Crippen molar-refractivity contribution in [2.24, 2.45) is 0 Å². The number of aromatic nitrogens is 2. The molecule has 1 aromatic carbocycles. The molecule has 3 aromatic rings. The van der Waals surface area contributed by atoms with E-state index >= 15 is 0 Å². The smallest absolute Gasteiger partial charge is 0.347 e. The van der Waals surface area contributed by atoms with E-state index in [4.69, 9.17) is 4.74 Å². The third kappa shape index (κ3) is 3.84. The van der Waals surface area contributed by atoms with Crippen molar-refractivity contribution in [2.45, 2.75) is 51.7 Å². The van der Waals surface area contributed by atoms with Crippen molar-refractivity contribution in [1.29, 1.82) is 0 Å². The Morgan fingerprint density at radius 2 is 1.89 bits per heavy atom. The first kappa shape index (κ1) is 20.9. The second-order valence-corrected chi connectivity index (χ2v) is 7.62. The standard InChI is InChI=1S/C22H24N2O3.Na/c1-22(2,21(25)26)27-16-7-8-18-17(14-16)20(15-9-11-23-12-10-15)19-6-4-3-5-13-24(18)19;/h7-12,14H,3-6,13H2,1-2H3,(H,25,26);. The minimum absolute atomic E-state index is 0. The van der Waals surface area contributed by atoms with Gasteiger partial charge in [-0.2, -0.15) is 0 Å². The number of rotatable bonds is 4. The molecular formula is C22H24N2NaO3. The summed E-state index contributed by atoms with van der Waals surface area (Å²) in [7, 11) is 0. The molecule has 3 heterocycles. The number of benzene rings is 1. The Kier molecular flexibility index (Phi) is 6.18. The zero-order valence-corrected chi connectivity index (χ0v) is 18.7. The Labute approximate surface area is 187 Å². The van der Waals surface area contributed by atoms with Gasteiger partial charge in [0.05, 0.1) is 0 Å². The minimum atomic E-state index is -1.28. The second-order valence-electron chi connectivity index (χ2n) is 7.62. The maximum absolute atomic E-state index is 11.4. The predicted octanol–water partition coefficient (Wildman–Crippen LogP) is 4.29. The normalized spacial score (nSPS) is 14.1. The molecule has 141 valence electrons. The van der Waals surface area contributed by atoms with Gasteiger partial charge in [-0.05, 0) is 69.0 Å². The fraction of sp³-hybridized carbons (Fsp3) is 0.364. The predicted molar refractivity (Wildman–Crippen MR) is 111 cm³/mol. The fourth-order valence-corrected chi connectivity index (χ4v) is 3.88. The first-order chi connectivity index (χ1) is 13.0. The molecule has 0 fully saturated rings. The van der Waals surface area contributed by atoms with Crippen molar-refractivity contribution in [3.63, 3.8) is 0 Å². The van der Waals surface area contributed by atoms with Gasteiger partial charge in [-0.1, -0.05) is 6.42 Å². The van der Waals surface area contributed by atoms with Crippen LogP contribution in [0, 0.1) is 0 Å². The van der Waals surface area contributed by atoms with E-state index in [1.54, 1.807) is 13.8 Å². The molecule has 1 N–H and O–H groups in total. The van der Waals surface area contributed by atoms with Crippen LogP contribution in [0.2, 0.25) is 0 Å². The molecule has 0 spiro atoms. The molecule has 1 radical (unpaired) electrons. The average molecular weight is 387 g/mol. The molecule has 0 bridgehead atoms. The van der Waals surface area contributed by atoms with Crippen LogP contribution in [0.5, 0.6) is 5.75 Å². The number of carboxylic acids is 1. The monoisotopic (exact) mass is 387 g/mol. The van der Waals surface area contributed by atoms with Crippen LogP contribution in [-0.4, -0.2) is 55.8 Å². The molecule has 0 saturated carbocycles. The summed E-state index contributed by atoms with van der Waals surface area (Å²) in [5, 5.41) is 10.5. The summed E-state index contributed by atoms with van der Waals surface area (Å²) >= 11 is 0. The molecule has 4 rings (SSSR count). The van der Waals surface area contributed by atoms with Crippen LogP contribution in [0.15, 0.2) is 42.7 Å². The van der Waals surface area contributed by atoms with Crippen molar-refractivity contribution < 1.29 is 14.6 Å². The molecule has 0 unspecified atom stereocenters. The van der Waals surface area contributed by atoms with Crippen LogP contribution in [-0.2, 0) is 17.8 Å². The number of ether oxygens (including phenoxy) is 1. The van der Waals surface area contributed by atoms with E-state index in [-0.39, 0.29) is 29.6 Å². The molecule has 1 aliphatic heterocycles. The van der Waals surface area contributed by atoms with Gasteiger partial charge in [-0.15, -0.1) is 0 Å². The molecule has 2 aromatic heterocycles. The topological polar surface area (TPSA) is 64.4 Å². The molecular weight excluding hydrogens is 363 g/mol. The van der Waals surface area contributed by atoms with Crippen molar-refractivity contribution in [3.05, 3.63) is 48.4 Å². The van der Waals surface area contributed by atoms with Gasteiger partial charge in [0.25, 0.3) is 0 Å². The van der Waals surface area contributed by atoms with Crippen LogP contribution in [0.25, 0.3) is 22.0 Å². The van der Waals surface area contributed by atoms with Crippen molar-refractivity contribution in [1.82, 2.24) is 9.55 Å². The summed E-state index contributed by atoms with van der Waals surface area (Å²) in [4.78, 5) is 15.6. The van der Waals surface area contributed by atoms with Gasteiger partial charge in [0, 0.05) is 70.7 Å². The van der Waals surface area contributed by atoms with Gasteiger partial charge in [-0.3, -0.25) is 4.98 Å². The number of aliphatic carboxylic acids is 1. The Balaban J connectivity index is 0.00000225. The summed E-state index contributed by atoms with van der Waals surface area (Å²) in [5.41, 5.74) is 3.61. The minimum Gasteiger partial charge on any atom is -0.478 e. The second kappa shape index (κ2) is 8.27. The Bertz CT molecular complexity index is 996. The van der Waals surface area contributed by atoms with E-state index in [0.29, 0.717) is 5.75 Å². The molecule has 1 aliphatic rings. The van der Waals surface area contributed by atoms with E-state index in [0.717, 1.165) is 23.9 Å². The molecule has 5 nitrogen and oxygen atoms in total. The quantitative estimate of drug-likeness (QED) is 0.679. The van der Waals surface area contributed by atoms with Crippen molar-refractivity contribution in [2.75, 3.05) is 0 Å². The van der Waals surface area contributed by atoms with Gasteiger partial charge in [0.2, 0.25) is 0 Å². The molecule has 6 heteroatoms. The third-order valence-electron chi connectivity index (χ3n) is 5.29. The van der Waals surface area contributed by atoms with E-state index < -0.39 is 11.6 Å². The van der Waals surface area contributed by atoms with Gasteiger partial charge in [0.15, 0.2) is 5.60 Å². The van der Waals surface area contributed by atoms with Crippen molar-refractivity contribution in [3.8, 4) is 16.9 Å². The molecule has 0 saturated heterocycles. The van der Waals surface area contributed by atoms with Crippen molar-refractivity contribution >= 4 is 46.4 Å². The van der Waals surface area contributed by atoms with E-state index in [1.807, 2.05) is 36.7 Å². The third-order valence-corrected chi connectivity index (χ3v) is 5.29. The van der Waals surface area contributed by atoms with Crippen LogP contribution >= 0.6 is 0 Å². The zero-order valence-electron chi connectivity index (χ0n) is 16.7. The molecule has 0 amide bonds. The largest absolute Gasteiger partial charge is 0.478 e. The van der Waals surface area contributed by atoms with Gasteiger partial charge >= 0.3 is 5.97 Å². The molecule has 0 atom stereocenters. The molecule has 28 heavy (non-hydrogen) atoms.